The van der Waals surface area contributed by atoms with Crippen LogP contribution in [0.2, 0.25) is 5.02 Å². The van der Waals surface area contributed by atoms with Gasteiger partial charge < -0.3 is 14.6 Å². The summed E-state index contributed by atoms with van der Waals surface area (Å²) in [6, 6.07) is 8.67. The van der Waals surface area contributed by atoms with Crippen LogP contribution in [-0.2, 0) is 0 Å². The molecule has 0 radical (unpaired) electrons. The van der Waals surface area contributed by atoms with E-state index >= 15 is 0 Å². The van der Waals surface area contributed by atoms with Crippen molar-refractivity contribution in [2.24, 2.45) is 0 Å². The molecule has 1 aliphatic carbocycles. The van der Waals surface area contributed by atoms with Crippen molar-refractivity contribution < 1.29 is 14.6 Å². The van der Waals surface area contributed by atoms with Gasteiger partial charge in [-0.1, -0.05) is 17.7 Å². The molecule has 4 nitrogen and oxygen atoms in total. The highest BCUT2D eigenvalue weighted by Crippen LogP contribution is 2.45. The zero-order chi connectivity index (χ0) is 14.6. The van der Waals surface area contributed by atoms with E-state index < -0.39 is 12.2 Å². The Labute approximate surface area is 129 Å². The lowest BCUT2D eigenvalue weighted by atomic mass is 9.89. The number of nitrogens with zero attached hydrogens (tertiary/aromatic N) is 1. The standard InChI is InChI=1S/C15H10ClNO3S/c16-7-3-4-8-9(6-7)13(19)14-11(12(8)18)17-15(21-14)10-2-1-5-20-10/h1-6,12-13,18-19H. The number of benzene rings is 1. The third-order valence-electron chi connectivity index (χ3n) is 3.56. The van der Waals surface area contributed by atoms with E-state index in [9.17, 15) is 10.2 Å². The van der Waals surface area contributed by atoms with Gasteiger partial charge in [0, 0.05) is 5.02 Å². The second-order valence-electron chi connectivity index (χ2n) is 4.82. The Morgan fingerprint density at radius 1 is 1.14 bits per heavy atom. The minimum absolute atomic E-state index is 0.480. The summed E-state index contributed by atoms with van der Waals surface area (Å²) >= 11 is 7.30. The monoisotopic (exact) mass is 319 g/mol. The van der Waals surface area contributed by atoms with Crippen molar-refractivity contribution in [2.75, 3.05) is 0 Å². The molecule has 0 saturated heterocycles. The van der Waals surface area contributed by atoms with Crippen LogP contribution in [0.15, 0.2) is 41.0 Å². The fraction of sp³-hybridized carbons (Fsp3) is 0.133. The topological polar surface area (TPSA) is 66.5 Å². The maximum absolute atomic E-state index is 10.5. The number of halogens is 1. The van der Waals surface area contributed by atoms with Gasteiger partial charge in [0.25, 0.3) is 0 Å². The number of hydrogen-bond acceptors (Lipinski definition) is 5. The Balaban J connectivity index is 1.89. The smallest absolute Gasteiger partial charge is 0.162 e. The van der Waals surface area contributed by atoms with E-state index in [0.717, 1.165) is 0 Å². The van der Waals surface area contributed by atoms with Crippen molar-refractivity contribution in [1.29, 1.82) is 0 Å². The molecule has 2 unspecified atom stereocenters. The number of hydrogen-bond donors (Lipinski definition) is 2. The zero-order valence-electron chi connectivity index (χ0n) is 10.7. The van der Waals surface area contributed by atoms with Gasteiger partial charge in [0.05, 0.1) is 16.8 Å². The first kappa shape index (κ1) is 13.0. The van der Waals surface area contributed by atoms with Gasteiger partial charge in [-0.25, -0.2) is 4.98 Å². The third kappa shape index (κ3) is 1.93. The van der Waals surface area contributed by atoms with E-state index in [2.05, 4.69) is 4.98 Å². The van der Waals surface area contributed by atoms with Crippen LogP contribution >= 0.6 is 22.9 Å². The molecule has 2 aromatic heterocycles. The molecule has 1 aliphatic rings. The van der Waals surface area contributed by atoms with E-state index in [1.54, 1.807) is 36.6 Å². The molecule has 2 N–H and O–H groups in total. The van der Waals surface area contributed by atoms with Gasteiger partial charge in [0.2, 0.25) is 0 Å². The Hall–Kier alpha value is -1.66. The van der Waals surface area contributed by atoms with Crippen LogP contribution in [0.5, 0.6) is 0 Å². The lowest BCUT2D eigenvalue weighted by molar-refractivity contribution is 0.173. The van der Waals surface area contributed by atoms with Gasteiger partial charge in [-0.15, -0.1) is 11.3 Å². The van der Waals surface area contributed by atoms with Crippen LogP contribution in [0, 0.1) is 0 Å². The fourth-order valence-electron chi connectivity index (χ4n) is 2.56. The number of thiazole rings is 1. The lowest BCUT2D eigenvalue weighted by Crippen LogP contribution is -2.16. The molecular formula is C15H10ClNO3S. The third-order valence-corrected chi connectivity index (χ3v) is 4.93. The van der Waals surface area contributed by atoms with E-state index in [1.807, 2.05) is 0 Å². The molecule has 6 heteroatoms. The molecule has 0 spiro atoms. The second-order valence-corrected chi connectivity index (χ2v) is 6.29. The number of aliphatic hydroxyl groups is 2. The van der Waals surface area contributed by atoms with E-state index in [1.165, 1.54) is 11.3 Å². The zero-order valence-corrected chi connectivity index (χ0v) is 12.2. The molecule has 0 bridgehead atoms. The molecule has 106 valence electrons. The summed E-state index contributed by atoms with van der Waals surface area (Å²) in [6.07, 6.45) is -0.133. The van der Waals surface area contributed by atoms with Crippen molar-refractivity contribution in [3.05, 3.63) is 63.3 Å². The summed E-state index contributed by atoms with van der Waals surface area (Å²) < 4.78 is 5.33. The van der Waals surface area contributed by atoms with Crippen LogP contribution in [-0.4, -0.2) is 15.2 Å². The molecular weight excluding hydrogens is 310 g/mol. The maximum Gasteiger partial charge on any atom is 0.162 e. The minimum atomic E-state index is -0.865. The van der Waals surface area contributed by atoms with Crippen molar-refractivity contribution in [2.45, 2.75) is 12.2 Å². The first-order chi connectivity index (χ1) is 10.1. The molecule has 0 saturated carbocycles. The highest BCUT2D eigenvalue weighted by atomic mass is 35.5. The highest BCUT2D eigenvalue weighted by molar-refractivity contribution is 7.15. The van der Waals surface area contributed by atoms with Gasteiger partial charge >= 0.3 is 0 Å². The second kappa shape index (κ2) is 4.68. The van der Waals surface area contributed by atoms with Crippen LogP contribution in [0.25, 0.3) is 10.8 Å². The fourth-order valence-corrected chi connectivity index (χ4v) is 3.81. The summed E-state index contributed by atoms with van der Waals surface area (Å²) in [4.78, 5) is 5.06. The average Bonchev–Trinajstić information content (AvgIpc) is 3.13. The number of fused-ring (bicyclic) bond motifs is 2. The average molecular weight is 320 g/mol. The van der Waals surface area contributed by atoms with E-state index in [0.29, 0.717) is 37.5 Å². The molecule has 0 amide bonds. The van der Waals surface area contributed by atoms with Gasteiger partial charge in [0.1, 0.15) is 12.2 Å². The largest absolute Gasteiger partial charge is 0.462 e. The summed E-state index contributed by atoms with van der Waals surface area (Å²) in [5.74, 6) is 0.621. The molecule has 4 rings (SSSR count). The highest BCUT2D eigenvalue weighted by Gasteiger charge is 2.34. The van der Waals surface area contributed by atoms with Gasteiger partial charge in [-0.05, 0) is 35.4 Å². The summed E-state index contributed by atoms with van der Waals surface area (Å²) in [5, 5.41) is 22.2. The predicted octanol–water partition coefficient (Wildman–Crippen LogP) is 3.53. The molecule has 21 heavy (non-hydrogen) atoms. The minimum Gasteiger partial charge on any atom is -0.462 e. The van der Waals surface area contributed by atoms with Gasteiger partial charge in [0.15, 0.2) is 10.8 Å². The Morgan fingerprint density at radius 2 is 2.00 bits per heavy atom. The number of furan rings is 1. The SMILES string of the molecule is OC1c2ccc(Cl)cc2C(O)c2sc(-c3ccco3)nc21. The number of aromatic nitrogens is 1. The summed E-state index contributed by atoms with van der Waals surface area (Å²) in [7, 11) is 0. The van der Waals surface area contributed by atoms with Crippen LogP contribution < -0.4 is 0 Å². The van der Waals surface area contributed by atoms with Crippen molar-refractivity contribution in [1.82, 2.24) is 4.98 Å². The Morgan fingerprint density at radius 3 is 2.76 bits per heavy atom. The normalized spacial score (nSPS) is 20.1. The molecule has 0 aliphatic heterocycles. The predicted molar refractivity (Wildman–Crippen MR) is 79.4 cm³/mol. The summed E-state index contributed by atoms with van der Waals surface area (Å²) in [5.41, 5.74) is 1.74. The Kier molecular flexibility index (Phi) is 2.90. The van der Waals surface area contributed by atoms with E-state index in [-0.39, 0.29) is 0 Å². The number of aliphatic hydroxyl groups excluding tert-OH is 2. The molecule has 3 aromatic rings. The lowest BCUT2D eigenvalue weighted by Gasteiger charge is -2.24. The van der Waals surface area contributed by atoms with Crippen LogP contribution in [0.1, 0.15) is 33.9 Å². The van der Waals surface area contributed by atoms with Crippen LogP contribution in [0.4, 0.5) is 0 Å². The first-order valence-electron chi connectivity index (χ1n) is 6.35. The van der Waals surface area contributed by atoms with Crippen LogP contribution in [0.3, 0.4) is 0 Å². The molecule has 2 atom stereocenters. The number of rotatable bonds is 1. The van der Waals surface area contributed by atoms with Crippen molar-refractivity contribution in [3.8, 4) is 10.8 Å². The van der Waals surface area contributed by atoms with Gasteiger partial charge in [-0.3, -0.25) is 0 Å². The van der Waals surface area contributed by atoms with E-state index in [4.69, 9.17) is 16.0 Å². The van der Waals surface area contributed by atoms with Crippen molar-refractivity contribution in [3.63, 3.8) is 0 Å². The molecule has 0 fully saturated rings. The maximum atomic E-state index is 10.5. The van der Waals surface area contributed by atoms with Gasteiger partial charge in [-0.2, -0.15) is 0 Å². The molecule has 2 heterocycles. The molecule has 1 aromatic carbocycles. The quantitative estimate of drug-likeness (QED) is 0.720. The Bertz CT molecular complexity index is 812. The van der Waals surface area contributed by atoms with Crippen molar-refractivity contribution >= 4 is 22.9 Å². The first-order valence-corrected chi connectivity index (χ1v) is 7.54. The summed E-state index contributed by atoms with van der Waals surface area (Å²) in [6.45, 7) is 0.